The van der Waals surface area contributed by atoms with Crippen molar-refractivity contribution in [2.24, 2.45) is 5.41 Å². The third-order valence-electron chi connectivity index (χ3n) is 7.91. The molecule has 222 valence electrons. The van der Waals surface area contributed by atoms with Gasteiger partial charge < -0.3 is 15.4 Å². The van der Waals surface area contributed by atoms with E-state index < -0.39 is 29.6 Å². The van der Waals surface area contributed by atoms with Crippen molar-refractivity contribution in [3.05, 3.63) is 54.3 Å². The van der Waals surface area contributed by atoms with Crippen LogP contribution in [0, 0.1) is 12.3 Å². The first-order chi connectivity index (χ1) is 19.8. The SMILES string of the molecule is Cc1cncc(-c2cc3c(cn2)cnn3C2=CC=C(C(F)(F)F)C(N3CCCC4(CC4NC(=O)OC(C)(C)C)C3)N2)n1. The number of nitrogens with zero attached hydrogens (tertiary/aromatic N) is 6. The van der Waals surface area contributed by atoms with Gasteiger partial charge in [0.1, 0.15) is 23.3 Å². The molecular weight excluding hydrogens is 549 g/mol. The number of halogens is 3. The maximum atomic E-state index is 14.3. The molecule has 0 bridgehead atoms. The quantitative estimate of drug-likeness (QED) is 0.452. The van der Waals surface area contributed by atoms with Gasteiger partial charge in [-0.25, -0.2) is 14.5 Å². The van der Waals surface area contributed by atoms with Gasteiger partial charge >= 0.3 is 12.3 Å². The summed E-state index contributed by atoms with van der Waals surface area (Å²) in [6.45, 7) is 8.10. The van der Waals surface area contributed by atoms with Crippen LogP contribution in [0.2, 0.25) is 0 Å². The Bertz CT molecular complexity index is 1590. The highest BCUT2D eigenvalue weighted by molar-refractivity contribution is 5.84. The largest absolute Gasteiger partial charge is 0.444 e. The standard InChI is InChI=1S/C29H33F3N8O2/c1-17-12-33-15-21(36-17)20-10-22-18(13-34-20)14-35-40(22)24-7-6-19(29(30,31)32)25(38-24)39-9-5-8-28(16-39)11-23(28)37-26(41)42-27(2,3)4/h6-7,10,12-15,23,25,38H,5,8-9,11,16H2,1-4H3,(H,37,41). The van der Waals surface area contributed by atoms with Crippen molar-refractivity contribution in [1.82, 2.24) is 40.3 Å². The minimum absolute atomic E-state index is 0.141. The molecule has 5 heterocycles. The van der Waals surface area contributed by atoms with Crippen LogP contribution in [-0.2, 0) is 4.74 Å². The van der Waals surface area contributed by atoms with Crippen molar-refractivity contribution >= 4 is 22.8 Å². The summed E-state index contributed by atoms with van der Waals surface area (Å²) in [4.78, 5) is 27.3. The van der Waals surface area contributed by atoms with Crippen LogP contribution in [0.1, 0.15) is 45.7 Å². The molecule has 2 fully saturated rings. The highest BCUT2D eigenvalue weighted by atomic mass is 19.4. The van der Waals surface area contributed by atoms with Gasteiger partial charge in [-0.2, -0.15) is 18.3 Å². The number of ether oxygens (including phenoxy) is 1. The number of amides is 1. The average molecular weight is 583 g/mol. The Kier molecular flexibility index (Phi) is 6.75. The topological polar surface area (TPSA) is 110 Å². The number of dihydropyridines is 1. The molecule has 2 aliphatic heterocycles. The second-order valence-electron chi connectivity index (χ2n) is 12.3. The normalized spacial score (nSPS) is 24.6. The first kappa shape index (κ1) is 28.1. The average Bonchev–Trinajstić information content (AvgIpc) is 3.35. The van der Waals surface area contributed by atoms with Crippen molar-refractivity contribution in [2.75, 3.05) is 13.1 Å². The molecule has 0 radical (unpaired) electrons. The fraction of sp³-hybridized carbons (Fsp3) is 0.483. The van der Waals surface area contributed by atoms with Gasteiger partial charge in [-0.05, 0) is 65.2 Å². The van der Waals surface area contributed by atoms with E-state index in [4.69, 9.17) is 4.74 Å². The van der Waals surface area contributed by atoms with E-state index in [9.17, 15) is 18.0 Å². The summed E-state index contributed by atoms with van der Waals surface area (Å²) >= 11 is 0. The number of allylic oxidation sites excluding steroid dienone is 2. The molecule has 1 amide bonds. The van der Waals surface area contributed by atoms with Crippen LogP contribution in [-0.4, -0.2) is 72.8 Å². The molecule has 1 saturated carbocycles. The van der Waals surface area contributed by atoms with Gasteiger partial charge in [0.05, 0.1) is 34.9 Å². The summed E-state index contributed by atoms with van der Waals surface area (Å²) in [7, 11) is 0. The van der Waals surface area contributed by atoms with E-state index in [1.807, 2.05) is 11.8 Å². The van der Waals surface area contributed by atoms with Gasteiger partial charge in [0.25, 0.3) is 0 Å². The predicted molar refractivity (Wildman–Crippen MR) is 150 cm³/mol. The van der Waals surface area contributed by atoms with Gasteiger partial charge in [0.2, 0.25) is 0 Å². The van der Waals surface area contributed by atoms with Gasteiger partial charge in [-0.3, -0.25) is 14.9 Å². The molecule has 1 aliphatic carbocycles. The van der Waals surface area contributed by atoms with Crippen LogP contribution in [0.4, 0.5) is 18.0 Å². The zero-order chi connectivity index (χ0) is 29.9. The van der Waals surface area contributed by atoms with Gasteiger partial charge in [0.15, 0.2) is 0 Å². The molecule has 42 heavy (non-hydrogen) atoms. The van der Waals surface area contributed by atoms with Crippen molar-refractivity contribution in [2.45, 2.75) is 70.9 Å². The fourth-order valence-electron chi connectivity index (χ4n) is 5.90. The molecule has 3 unspecified atom stereocenters. The van der Waals surface area contributed by atoms with Crippen molar-refractivity contribution < 1.29 is 22.7 Å². The number of aryl methyl sites for hydroxylation is 1. The number of aromatic nitrogens is 5. The summed E-state index contributed by atoms with van der Waals surface area (Å²) in [5.41, 5.74) is 0.985. The van der Waals surface area contributed by atoms with Crippen LogP contribution in [0.5, 0.6) is 0 Å². The van der Waals surface area contributed by atoms with Crippen LogP contribution in [0.15, 0.2) is 48.6 Å². The number of alkyl carbamates (subject to hydrolysis) is 1. The number of hydrogen-bond acceptors (Lipinski definition) is 8. The first-order valence-corrected chi connectivity index (χ1v) is 13.9. The Morgan fingerprint density at radius 1 is 1.14 bits per heavy atom. The molecule has 0 aromatic carbocycles. The maximum Gasteiger partial charge on any atom is 0.415 e. The van der Waals surface area contributed by atoms with Crippen LogP contribution in [0.3, 0.4) is 0 Å². The van der Waals surface area contributed by atoms with E-state index in [1.165, 1.54) is 6.08 Å². The van der Waals surface area contributed by atoms with Gasteiger partial charge in [-0.1, -0.05) is 0 Å². The van der Waals surface area contributed by atoms with Crippen LogP contribution >= 0.6 is 0 Å². The molecule has 3 aromatic heterocycles. The number of alkyl halides is 3. The summed E-state index contributed by atoms with van der Waals surface area (Å²) in [6, 6.07) is 1.66. The molecule has 1 spiro atoms. The molecule has 3 aliphatic rings. The number of nitrogens with one attached hydrogen (secondary N) is 2. The van der Waals surface area contributed by atoms with E-state index in [0.717, 1.165) is 23.6 Å². The smallest absolute Gasteiger partial charge is 0.415 e. The minimum atomic E-state index is -4.53. The lowest BCUT2D eigenvalue weighted by molar-refractivity contribution is -0.104. The van der Waals surface area contributed by atoms with E-state index in [0.29, 0.717) is 48.7 Å². The van der Waals surface area contributed by atoms with E-state index in [2.05, 4.69) is 30.7 Å². The monoisotopic (exact) mass is 582 g/mol. The molecule has 10 nitrogen and oxygen atoms in total. The minimum Gasteiger partial charge on any atom is -0.444 e. The van der Waals surface area contributed by atoms with Crippen LogP contribution in [0.25, 0.3) is 28.1 Å². The third kappa shape index (κ3) is 5.57. The van der Waals surface area contributed by atoms with Crippen molar-refractivity contribution in [1.29, 1.82) is 0 Å². The Morgan fingerprint density at radius 2 is 1.95 bits per heavy atom. The molecule has 13 heteroatoms. The Hall–Kier alpha value is -4.00. The number of rotatable bonds is 4. The summed E-state index contributed by atoms with van der Waals surface area (Å²) in [5, 5.41) is 11.3. The molecular formula is C29H33F3N8O2. The molecule has 1 saturated heterocycles. The van der Waals surface area contributed by atoms with E-state index >= 15 is 0 Å². The van der Waals surface area contributed by atoms with E-state index in [-0.39, 0.29) is 11.5 Å². The van der Waals surface area contributed by atoms with Crippen molar-refractivity contribution in [3.8, 4) is 11.4 Å². The number of pyridine rings is 1. The molecule has 6 rings (SSSR count). The number of carbonyl (C=O) groups excluding carboxylic acids is 1. The Balaban J connectivity index is 1.26. The van der Waals surface area contributed by atoms with Gasteiger partial charge in [-0.15, -0.1) is 0 Å². The zero-order valence-corrected chi connectivity index (χ0v) is 23.9. The van der Waals surface area contributed by atoms with Crippen molar-refractivity contribution in [3.63, 3.8) is 0 Å². The number of carbonyl (C=O) groups is 1. The number of hydrogen-bond donors (Lipinski definition) is 2. The summed E-state index contributed by atoms with van der Waals surface area (Å²) < 4.78 is 49.8. The second-order valence-corrected chi connectivity index (χ2v) is 12.3. The maximum absolute atomic E-state index is 14.3. The summed E-state index contributed by atoms with van der Waals surface area (Å²) in [6.07, 6.45) is 5.17. The number of piperidine rings is 1. The highest BCUT2D eigenvalue weighted by Crippen LogP contribution is 2.53. The fourth-order valence-corrected chi connectivity index (χ4v) is 5.90. The molecule has 3 aromatic rings. The predicted octanol–water partition coefficient (Wildman–Crippen LogP) is 4.79. The summed E-state index contributed by atoms with van der Waals surface area (Å²) in [5.74, 6) is 0.411. The van der Waals surface area contributed by atoms with Crippen LogP contribution < -0.4 is 10.6 Å². The Labute approximate surface area is 241 Å². The van der Waals surface area contributed by atoms with E-state index in [1.54, 1.807) is 56.3 Å². The third-order valence-corrected chi connectivity index (χ3v) is 7.91. The first-order valence-electron chi connectivity index (χ1n) is 13.9. The second kappa shape index (κ2) is 10.1. The lowest BCUT2D eigenvalue weighted by Gasteiger charge is -2.42. The van der Waals surface area contributed by atoms with Gasteiger partial charge in [0, 0.05) is 42.3 Å². The Morgan fingerprint density at radius 3 is 2.69 bits per heavy atom. The molecule has 3 atom stereocenters. The lowest BCUT2D eigenvalue weighted by Crippen LogP contribution is -2.55. The zero-order valence-electron chi connectivity index (χ0n) is 23.9. The lowest BCUT2D eigenvalue weighted by atomic mass is 9.92. The number of fused-ring (bicyclic) bond motifs is 1. The number of likely N-dealkylation sites (tertiary alicyclic amines) is 1. The highest BCUT2D eigenvalue weighted by Gasteiger charge is 2.58. The molecule has 2 N–H and O–H groups in total.